The number of nitrogens with zero attached hydrogens (tertiary/aromatic N) is 3. The number of nitrogens with one attached hydrogen (secondary N) is 1. The minimum absolute atomic E-state index is 0.153. The van der Waals surface area contributed by atoms with Gasteiger partial charge in [0, 0.05) is 43.6 Å². The van der Waals surface area contributed by atoms with Crippen LogP contribution in [0.3, 0.4) is 0 Å². The van der Waals surface area contributed by atoms with Crippen LogP contribution in [0.5, 0.6) is 5.75 Å². The molecule has 2 aliphatic carbocycles. The monoisotopic (exact) mass is 530 g/mol. The Balaban J connectivity index is 0.962. The molecule has 2 saturated carbocycles. The van der Waals surface area contributed by atoms with Gasteiger partial charge in [0.05, 0.1) is 12.3 Å². The van der Waals surface area contributed by atoms with E-state index in [-0.39, 0.29) is 12.5 Å². The van der Waals surface area contributed by atoms with Crippen molar-refractivity contribution in [1.82, 2.24) is 20.2 Å². The Morgan fingerprint density at radius 3 is 2.95 bits per heavy atom. The predicted octanol–water partition coefficient (Wildman–Crippen LogP) is 4.23. The van der Waals surface area contributed by atoms with Crippen molar-refractivity contribution < 1.29 is 19.1 Å². The third kappa shape index (κ3) is 5.87. The van der Waals surface area contributed by atoms with E-state index in [1.165, 1.54) is 49.6 Å². The van der Waals surface area contributed by atoms with Gasteiger partial charge in [-0.15, -0.1) is 0 Å². The highest BCUT2D eigenvalue weighted by molar-refractivity contribution is 5.94. The number of amides is 1. The molecule has 0 radical (unpaired) electrons. The summed E-state index contributed by atoms with van der Waals surface area (Å²) in [6.07, 6.45) is 12.8. The topological polar surface area (TPSA) is 101 Å². The standard InChI is InChI=1S/C31H38N4O4/c1-21-28-6-10-35(17-24(28)3-4-29(21)38-19-27-16-32-20-39-27)18-26(36)15-34-30(37)23-5-9-33-25(12-23)11-22-13-31(14-22)7-2-8-31/h3-5,9,12,16,20,22,26,36H,2,6-8,10-11,13-15,17-19H2,1H3,(H,34,37)/t26-/m0/s1. The SMILES string of the molecule is Cc1c(OCc2cnco2)ccc2c1CCN(C[C@@H](O)CNC(=O)c1ccnc(CC3CC4(CCC4)C3)c1)C2. The van der Waals surface area contributed by atoms with Gasteiger partial charge >= 0.3 is 0 Å². The number of oxazole rings is 1. The van der Waals surface area contributed by atoms with Crippen LogP contribution in [0.1, 0.15) is 70.6 Å². The zero-order chi connectivity index (χ0) is 26.8. The van der Waals surface area contributed by atoms with Crippen molar-refractivity contribution in [3.63, 3.8) is 0 Å². The molecule has 1 spiro atoms. The largest absolute Gasteiger partial charge is 0.485 e. The van der Waals surface area contributed by atoms with Crippen molar-refractivity contribution in [3.05, 3.63) is 76.8 Å². The Kier molecular flexibility index (Phi) is 7.40. The third-order valence-corrected chi connectivity index (χ3v) is 8.97. The molecule has 1 amide bonds. The van der Waals surface area contributed by atoms with E-state index in [1.807, 2.05) is 12.1 Å². The fourth-order valence-electron chi connectivity index (χ4n) is 6.75. The van der Waals surface area contributed by atoms with Crippen molar-refractivity contribution in [2.75, 3.05) is 19.6 Å². The summed E-state index contributed by atoms with van der Waals surface area (Å²) in [7, 11) is 0. The lowest BCUT2D eigenvalue weighted by molar-refractivity contribution is -0.0243. The van der Waals surface area contributed by atoms with Gasteiger partial charge in [-0.1, -0.05) is 12.5 Å². The second-order valence-corrected chi connectivity index (χ2v) is 11.8. The summed E-state index contributed by atoms with van der Waals surface area (Å²) >= 11 is 0. The van der Waals surface area contributed by atoms with E-state index < -0.39 is 6.10 Å². The quantitative estimate of drug-likeness (QED) is 0.405. The molecule has 0 bridgehead atoms. The van der Waals surface area contributed by atoms with Gasteiger partial charge in [0.1, 0.15) is 12.4 Å². The first-order chi connectivity index (χ1) is 19.0. The molecule has 8 heteroatoms. The van der Waals surface area contributed by atoms with Crippen molar-refractivity contribution >= 4 is 5.91 Å². The van der Waals surface area contributed by atoms with Crippen LogP contribution < -0.4 is 10.1 Å². The molecule has 2 fully saturated rings. The maximum Gasteiger partial charge on any atom is 0.251 e. The van der Waals surface area contributed by atoms with E-state index in [9.17, 15) is 9.90 Å². The molecule has 3 aliphatic rings. The zero-order valence-electron chi connectivity index (χ0n) is 22.7. The first-order valence-corrected chi connectivity index (χ1v) is 14.2. The second kappa shape index (κ2) is 11.1. The first kappa shape index (κ1) is 26.0. The number of aliphatic hydroxyl groups is 1. The van der Waals surface area contributed by atoms with Crippen LogP contribution in [0.2, 0.25) is 0 Å². The number of carbonyl (C=O) groups excluding carboxylic acids is 1. The smallest absolute Gasteiger partial charge is 0.251 e. The Hall–Kier alpha value is -3.23. The molecule has 0 saturated heterocycles. The number of rotatable bonds is 10. The molecule has 2 aromatic heterocycles. The van der Waals surface area contributed by atoms with E-state index in [1.54, 1.807) is 18.5 Å². The molecule has 1 atom stereocenters. The van der Waals surface area contributed by atoms with Crippen LogP contribution in [0.15, 0.2) is 47.5 Å². The predicted molar refractivity (Wildman–Crippen MR) is 146 cm³/mol. The van der Waals surface area contributed by atoms with E-state index in [4.69, 9.17) is 9.15 Å². The van der Waals surface area contributed by atoms with Crippen molar-refractivity contribution in [2.24, 2.45) is 11.3 Å². The van der Waals surface area contributed by atoms with Gasteiger partial charge in [-0.2, -0.15) is 0 Å². The Morgan fingerprint density at radius 2 is 2.18 bits per heavy atom. The number of hydrogen-bond acceptors (Lipinski definition) is 7. The first-order valence-electron chi connectivity index (χ1n) is 14.2. The number of aliphatic hydroxyl groups excluding tert-OH is 1. The number of aromatic nitrogens is 2. The number of hydrogen-bond donors (Lipinski definition) is 2. The number of fused-ring (bicyclic) bond motifs is 1. The van der Waals surface area contributed by atoms with Crippen LogP contribution >= 0.6 is 0 Å². The van der Waals surface area contributed by atoms with Gasteiger partial charge in [0.25, 0.3) is 5.91 Å². The number of carbonyl (C=O) groups is 1. The van der Waals surface area contributed by atoms with E-state index >= 15 is 0 Å². The average Bonchev–Trinajstić information content (AvgIpc) is 3.41. The minimum Gasteiger partial charge on any atom is -0.485 e. The highest BCUT2D eigenvalue weighted by Gasteiger charge is 2.47. The summed E-state index contributed by atoms with van der Waals surface area (Å²) in [5.41, 5.74) is 5.98. The minimum atomic E-state index is -0.643. The van der Waals surface area contributed by atoms with Gasteiger partial charge in [-0.05, 0) is 91.7 Å². The molecular formula is C31H38N4O4. The second-order valence-electron chi connectivity index (χ2n) is 11.8. The average molecular weight is 531 g/mol. The molecule has 3 aromatic rings. The maximum atomic E-state index is 12.8. The Labute approximate surface area is 229 Å². The normalized spacial score (nSPS) is 19.1. The lowest BCUT2D eigenvalue weighted by atomic mass is 9.51. The van der Waals surface area contributed by atoms with Crippen LogP contribution in [-0.2, 0) is 26.0 Å². The third-order valence-electron chi connectivity index (χ3n) is 8.97. The lowest BCUT2D eigenvalue weighted by Gasteiger charge is -2.54. The van der Waals surface area contributed by atoms with Crippen LogP contribution in [0, 0.1) is 18.3 Å². The van der Waals surface area contributed by atoms with Crippen LogP contribution in [-0.4, -0.2) is 51.6 Å². The number of pyridine rings is 1. The lowest BCUT2D eigenvalue weighted by Crippen LogP contribution is -2.43. The molecule has 1 aliphatic heterocycles. The molecule has 206 valence electrons. The van der Waals surface area contributed by atoms with Crippen LogP contribution in [0.25, 0.3) is 0 Å². The van der Waals surface area contributed by atoms with Gasteiger partial charge in [0.15, 0.2) is 12.2 Å². The molecule has 0 unspecified atom stereocenters. The summed E-state index contributed by atoms with van der Waals surface area (Å²) in [5.74, 6) is 2.10. The van der Waals surface area contributed by atoms with Crippen molar-refractivity contribution in [1.29, 1.82) is 0 Å². The zero-order valence-corrected chi connectivity index (χ0v) is 22.7. The molecule has 1 aromatic carbocycles. The molecule has 3 heterocycles. The Morgan fingerprint density at radius 1 is 1.31 bits per heavy atom. The fraction of sp³-hybridized carbons (Fsp3) is 0.516. The van der Waals surface area contributed by atoms with Crippen LogP contribution in [0.4, 0.5) is 0 Å². The van der Waals surface area contributed by atoms with Gasteiger partial charge in [-0.25, -0.2) is 4.98 Å². The Bertz CT molecular complexity index is 1300. The number of β-amino-alcohol motifs (C(OH)–C–C–N with tert-alkyl or cyclic N) is 1. The van der Waals surface area contributed by atoms with Crippen molar-refractivity contribution in [3.8, 4) is 5.75 Å². The van der Waals surface area contributed by atoms with E-state index in [0.717, 1.165) is 42.9 Å². The summed E-state index contributed by atoms with van der Waals surface area (Å²) < 4.78 is 11.2. The number of benzene rings is 1. The summed E-state index contributed by atoms with van der Waals surface area (Å²) in [6, 6.07) is 7.78. The summed E-state index contributed by atoms with van der Waals surface area (Å²) in [4.78, 5) is 23.5. The molecule has 6 rings (SSSR count). The summed E-state index contributed by atoms with van der Waals surface area (Å²) in [6.45, 7) is 4.79. The van der Waals surface area contributed by atoms with Gasteiger partial charge < -0.3 is 19.6 Å². The van der Waals surface area contributed by atoms with E-state index in [2.05, 4.69) is 33.2 Å². The highest BCUT2D eigenvalue weighted by Crippen LogP contribution is 2.59. The van der Waals surface area contributed by atoms with E-state index in [0.29, 0.717) is 35.8 Å². The number of ether oxygens (including phenoxy) is 1. The highest BCUT2D eigenvalue weighted by atomic mass is 16.5. The summed E-state index contributed by atoms with van der Waals surface area (Å²) in [5, 5.41) is 13.6. The molecular weight excluding hydrogens is 492 g/mol. The molecule has 39 heavy (non-hydrogen) atoms. The molecule has 2 N–H and O–H groups in total. The molecule has 8 nitrogen and oxygen atoms in total. The van der Waals surface area contributed by atoms with Crippen molar-refractivity contribution in [2.45, 2.75) is 71.1 Å². The van der Waals surface area contributed by atoms with Gasteiger partial charge in [-0.3, -0.25) is 14.7 Å². The maximum absolute atomic E-state index is 12.8. The fourth-order valence-corrected chi connectivity index (χ4v) is 6.75. The van der Waals surface area contributed by atoms with Gasteiger partial charge in [0.2, 0.25) is 0 Å².